The van der Waals surface area contributed by atoms with E-state index in [1.165, 1.54) is 5.56 Å². The summed E-state index contributed by atoms with van der Waals surface area (Å²) in [7, 11) is 6.25. The molecular formula is C23H29N3O. The monoisotopic (exact) mass is 363 g/mol. The number of rotatable bonds is 6. The maximum absolute atomic E-state index is 12.9. The minimum atomic E-state index is 0.0579. The number of nitrogens with zero attached hydrogens (tertiary/aromatic N) is 3. The molecule has 0 spiro atoms. The van der Waals surface area contributed by atoms with Crippen LogP contribution < -0.4 is 4.90 Å². The van der Waals surface area contributed by atoms with Gasteiger partial charge in [0.05, 0.1) is 0 Å². The van der Waals surface area contributed by atoms with Gasteiger partial charge in [-0.3, -0.25) is 4.79 Å². The van der Waals surface area contributed by atoms with Crippen LogP contribution in [-0.4, -0.2) is 62.9 Å². The number of piperazine rings is 1. The van der Waals surface area contributed by atoms with Crippen molar-refractivity contribution < 1.29 is 4.79 Å². The van der Waals surface area contributed by atoms with Crippen LogP contribution in [0.4, 0.5) is 5.69 Å². The number of ketones is 1. The van der Waals surface area contributed by atoms with Crippen LogP contribution in [0.3, 0.4) is 0 Å². The van der Waals surface area contributed by atoms with Crippen LogP contribution >= 0.6 is 0 Å². The van der Waals surface area contributed by atoms with Gasteiger partial charge in [-0.05, 0) is 50.5 Å². The molecule has 4 heteroatoms. The number of anilines is 1. The maximum Gasteiger partial charge on any atom is 0.187 e. The quantitative estimate of drug-likeness (QED) is 0.581. The SMILES string of the molecule is CN(C)Cc1cccc(/C=C/C(=O)c2ccccc2N2CCN(C)CC2)c1. The summed E-state index contributed by atoms with van der Waals surface area (Å²) in [6, 6.07) is 16.3. The molecule has 0 aromatic heterocycles. The molecule has 0 aliphatic carbocycles. The predicted octanol–water partition coefficient (Wildman–Crippen LogP) is 3.40. The summed E-state index contributed by atoms with van der Waals surface area (Å²) in [5, 5.41) is 0. The van der Waals surface area contributed by atoms with Crippen LogP contribution in [0, 0.1) is 0 Å². The zero-order chi connectivity index (χ0) is 19.2. The lowest BCUT2D eigenvalue weighted by atomic mass is 10.0. The fourth-order valence-electron chi connectivity index (χ4n) is 3.43. The van der Waals surface area contributed by atoms with Crippen molar-refractivity contribution in [1.29, 1.82) is 0 Å². The lowest BCUT2D eigenvalue weighted by Crippen LogP contribution is -2.44. The van der Waals surface area contributed by atoms with Crippen molar-refractivity contribution in [3.8, 4) is 0 Å². The summed E-state index contributed by atoms with van der Waals surface area (Å²) in [6.07, 6.45) is 3.62. The van der Waals surface area contributed by atoms with Crippen molar-refractivity contribution in [3.63, 3.8) is 0 Å². The van der Waals surface area contributed by atoms with Crippen molar-refractivity contribution in [2.45, 2.75) is 6.54 Å². The third-order valence-corrected chi connectivity index (χ3v) is 4.89. The van der Waals surface area contributed by atoms with Crippen LogP contribution in [0.15, 0.2) is 54.6 Å². The highest BCUT2D eigenvalue weighted by atomic mass is 16.1. The molecule has 1 saturated heterocycles. The normalized spacial score (nSPS) is 15.6. The fraction of sp³-hybridized carbons (Fsp3) is 0.348. The van der Waals surface area contributed by atoms with Crippen molar-refractivity contribution in [1.82, 2.24) is 9.80 Å². The molecule has 2 aromatic carbocycles. The van der Waals surface area contributed by atoms with E-state index in [1.807, 2.05) is 36.4 Å². The standard InChI is InChI=1S/C23H29N3O/c1-24(2)18-20-8-6-7-19(17-20)11-12-23(27)21-9-4-5-10-22(21)26-15-13-25(3)14-16-26/h4-12,17H,13-16,18H2,1-3H3/b12-11+. The minimum Gasteiger partial charge on any atom is -0.368 e. The zero-order valence-electron chi connectivity index (χ0n) is 16.6. The predicted molar refractivity (Wildman–Crippen MR) is 113 cm³/mol. The highest BCUT2D eigenvalue weighted by Crippen LogP contribution is 2.23. The molecule has 1 fully saturated rings. The Labute approximate surface area is 162 Å². The number of benzene rings is 2. The van der Waals surface area contributed by atoms with Gasteiger partial charge >= 0.3 is 0 Å². The van der Waals surface area contributed by atoms with E-state index in [-0.39, 0.29) is 5.78 Å². The molecule has 27 heavy (non-hydrogen) atoms. The first-order chi connectivity index (χ1) is 13.0. The second kappa shape index (κ2) is 8.98. The molecule has 1 aliphatic rings. The van der Waals surface area contributed by atoms with Crippen LogP contribution in [0.1, 0.15) is 21.5 Å². The van der Waals surface area contributed by atoms with E-state index in [4.69, 9.17) is 0 Å². The number of likely N-dealkylation sites (N-methyl/N-ethyl adjacent to an activating group) is 1. The summed E-state index contributed by atoms with van der Waals surface area (Å²) < 4.78 is 0. The second-order valence-electron chi connectivity index (χ2n) is 7.49. The Balaban J connectivity index is 1.76. The highest BCUT2D eigenvalue weighted by Gasteiger charge is 2.18. The Morgan fingerprint density at radius 3 is 2.52 bits per heavy atom. The summed E-state index contributed by atoms with van der Waals surface area (Å²) in [5.74, 6) is 0.0579. The van der Waals surface area contributed by atoms with Crippen LogP contribution in [0.25, 0.3) is 6.08 Å². The van der Waals surface area contributed by atoms with E-state index in [0.717, 1.165) is 49.5 Å². The third-order valence-electron chi connectivity index (χ3n) is 4.89. The van der Waals surface area contributed by atoms with Gasteiger partial charge < -0.3 is 14.7 Å². The Morgan fingerprint density at radius 1 is 1.04 bits per heavy atom. The Morgan fingerprint density at radius 2 is 1.78 bits per heavy atom. The molecule has 142 valence electrons. The first-order valence-electron chi connectivity index (χ1n) is 9.51. The van der Waals surface area contributed by atoms with E-state index in [9.17, 15) is 4.79 Å². The zero-order valence-corrected chi connectivity index (χ0v) is 16.6. The summed E-state index contributed by atoms with van der Waals surface area (Å²) >= 11 is 0. The van der Waals surface area contributed by atoms with Crippen molar-refractivity contribution in [2.75, 3.05) is 52.2 Å². The van der Waals surface area contributed by atoms with E-state index < -0.39 is 0 Å². The minimum absolute atomic E-state index is 0.0579. The second-order valence-corrected chi connectivity index (χ2v) is 7.49. The first-order valence-corrected chi connectivity index (χ1v) is 9.51. The largest absolute Gasteiger partial charge is 0.368 e. The maximum atomic E-state index is 12.9. The summed E-state index contributed by atoms with van der Waals surface area (Å²) in [6.45, 7) is 4.85. The molecule has 0 saturated carbocycles. The Kier molecular flexibility index (Phi) is 6.43. The van der Waals surface area contributed by atoms with Crippen LogP contribution in [-0.2, 0) is 6.54 Å². The molecule has 0 bridgehead atoms. The molecule has 0 amide bonds. The number of allylic oxidation sites excluding steroid dienone is 1. The summed E-state index contributed by atoms with van der Waals surface area (Å²) in [5.41, 5.74) is 4.12. The van der Waals surface area contributed by atoms with Gasteiger partial charge in [-0.25, -0.2) is 0 Å². The number of para-hydroxylation sites is 1. The molecule has 2 aromatic rings. The van der Waals surface area contributed by atoms with Crippen molar-refractivity contribution >= 4 is 17.5 Å². The molecule has 0 unspecified atom stereocenters. The lowest BCUT2D eigenvalue weighted by molar-refractivity contribution is 0.104. The molecule has 0 atom stereocenters. The molecular weight excluding hydrogens is 334 g/mol. The van der Waals surface area contributed by atoms with Gasteiger partial charge in [-0.2, -0.15) is 0 Å². The number of carbonyl (C=O) groups is 1. The van der Waals surface area contributed by atoms with Gasteiger partial charge in [0.2, 0.25) is 0 Å². The molecule has 4 nitrogen and oxygen atoms in total. The average Bonchev–Trinajstić information content (AvgIpc) is 2.66. The van der Waals surface area contributed by atoms with Gasteiger partial charge in [-0.15, -0.1) is 0 Å². The van der Waals surface area contributed by atoms with Gasteiger partial charge in [0.25, 0.3) is 0 Å². The van der Waals surface area contributed by atoms with Gasteiger partial charge in [0.1, 0.15) is 0 Å². The fourth-order valence-corrected chi connectivity index (χ4v) is 3.43. The molecule has 0 radical (unpaired) electrons. The smallest absolute Gasteiger partial charge is 0.187 e. The average molecular weight is 364 g/mol. The number of carbonyl (C=O) groups excluding carboxylic acids is 1. The van der Waals surface area contributed by atoms with Gasteiger partial charge in [0.15, 0.2) is 5.78 Å². The number of hydrogen-bond donors (Lipinski definition) is 0. The lowest BCUT2D eigenvalue weighted by Gasteiger charge is -2.34. The van der Waals surface area contributed by atoms with Crippen LogP contribution in [0.2, 0.25) is 0 Å². The number of hydrogen-bond acceptors (Lipinski definition) is 4. The van der Waals surface area contributed by atoms with Crippen molar-refractivity contribution in [2.24, 2.45) is 0 Å². The molecule has 1 aliphatic heterocycles. The van der Waals surface area contributed by atoms with E-state index in [2.05, 4.69) is 54.0 Å². The van der Waals surface area contributed by atoms with E-state index in [0.29, 0.717) is 0 Å². The topological polar surface area (TPSA) is 26.8 Å². The summed E-state index contributed by atoms with van der Waals surface area (Å²) in [4.78, 5) is 19.7. The third kappa shape index (κ3) is 5.28. The van der Waals surface area contributed by atoms with E-state index in [1.54, 1.807) is 6.08 Å². The molecule has 3 rings (SSSR count). The van der Waals surface area contributed by atoms with Crippen molar-refractivity contribution in [3.05, 3.63) is 71.3 Å². The van der Waals surface area contributed by atoms with Crippen LogP contribution in [0.5, 0.6) is 0 Å². The van der Waals surface area contributed by atoms with Gasteiger partial charge in [0, 0.05) is 44.0 Å². The highest BCUT2D eigenvalue weighted by molar-refractivity contribution is 6.10. The Hall–Kier alpha value is -2.43. The van der Waals surface area contributed by atoms with Gasteiger partial charge in [-0.1, -0.05) is 42.5 Å². The first kappa shape index (κ1) is 19.3. The molecule has 0 N–H and O–H groups in total. The Bertz CT molecular complexity index is 805. The van der Waals surface area contributed by atoms with E-state index >= 15 is 0 Å². The molecule has 1 heterocycles.